The number of nitrogen functional groups attached to an aromatic ring is 1. The highest BCUT2D eigenvalue weighted by Crippen LogP contribution is 2.22. The molecule has 1 saturated heterocycles. The molecule has 4 nitrogen and oxygen atoms in total. The number of β-amino-alcohol motifs (C(OH)–C–C–N with tert-alkyl or cyclic N) is 1. The monoisotopic (exact) mass is 193 g/mol. The predicted octanol–water partition coefficient (Wildman–Crippen LogP) is 0.625. The van der Waals surface area contributed by atoms with Crippen molar-refractivity contribution >= 4 is 11.5 Å². The van der Waals surface area contributed by atoms with E-state index < -0.39 is 0 Å². The largest absolute Gasteiger partial charge is 0.396 e. The van der Waals surface area contributed by atoms with Crippen molar-refractivity contribution in [3.8, 4) is 0 Å². The summed E-state index contributed by atoms with van der Waals surface area (Å²) in [6.45, 7) is 1.57. The second kappa shape index (κ2) is 3.84. The molecule has 1 aliphatic heterocycles. The quantitative estimate of drug-likeness (QED) is 0.686. The first-order valence-corrected chi connectivity index (χ1v) is 4.91. The van der Waals surface area contributed by atoms with Gasteiger partial charge in [0.25, 0.3) is 0 Å². The summed E-state index contributed by atoms with van der Waals surface area (Å²) < 4.78 is 0. The van der Waals surface area contributed by atoms with Crippen LogP contribution in [0.3, 0.4) is 0 Å². The van der Waals surface area contributed by atoms with Gasteiger partial charge in [-0.1, -0.05) is 0 Å². The molecule has 1 atom stereocenters. The van der Waals surface area contributed by atoms with E-state index in [2.05, 4.69) is 4.98 Å². The third-order valence-corrected chi connectivity index (χ3v) is 2.51. The van der Waals surface area contributed by atoms with Crippen molar-refractivity contribution in [1.29, 1.82) is 0 Å². The molecule has 1 fully saturated rings. The lowest BCUT2D eigenvalue weighted by Gasteiger charge is -2.31. The molecule has 0 spiro atoms. The van der Waals surface area contributed by atoms with Gasteiger partial charge in [-0.2, -0.15) is 0 Å². The van der Waals surface area contributed by atoms with Crippen LogP contribution in [0.25, 0.3) is 0 Å². The van der Waals surface area contributed by atoms with Crippen LogP contribution in [0.1, 0.15) is 12.8 Å². The van der Waals surface area contributed by atoms with E-state index in [9.17, 15) is 5.11 Å². The number of anilines is 2. The Morgan fingerprint density at radius 1 is 1.57 bits per heavy atom. The number of hydrogen-bond donors (Lipinski definition) is 2. The molecule has 1 aromatic rings. The molecule has 2 rings (SSSR count). The molecule has 14 heavy (non-hydrogen) atoms. The summed E-state index contributed by atoms with van der Waals surface area (Å²) in [7, 11) is 0. The number of rotatable bonds is 1. The van der Waals surface area contributed by atoms with Crippen LogP contribution in [-0.4, -0.2) is 29.3 Å². The smallest absolute Gasteiger partial charge is 0.151 e. The van der Waals surface area contributed by atoms with Crippen LogP contribution in [0.15, 0.2) is 18.3 Å². The predicted molar refractivity (Wildman–Crippen MR) is 56.1 cm³/mol. The number of piperidine rings is 1. The topological polar surface area (TPSA) is 62.4 Å². The number of hydrogen-bond acceptors (Lipinski definition) is 4. The third kappa shape index (κ3) is 1.80. The molecule has 0 aliphatic carbocycles. The highest BCUT2D eigenvalue weighted by molar-refractivity contribution is 5.62. The van der Waals surface area contributed by atoms with Crippen LogP contribution >= 0.6 is 0 Å². The lowest BCUT2D eigenvalue weighted by molar-refractivity contribution is 0.154. The van der Waals surface area contributed by atoms with Crippen molar-refractivity contribution in [2.75, 3.05) is 23.7 Å². The van der Waals surface area contributed by atoms with Crippen LogP contribution in [0.5, 0.6) is 0 Å². The van der Waals surface area contributed by atoms with E-state index in [1.54, 1.807) is 6.20 Å². The van der Waals surface area contributed by atoms with Gasteiger partial charge in [-0.15, -0.1) is 0 Å². The number of pyridine rings is 1. The minimum Gasteiger partial charge on any atom is -0.396 e. The molecule has 76 valence electrons. The summed E-state index contributed by atoms with van der Waals surface area (Å²) >= 11 is 0. The van der Waals surface area contributed by atoms with Gasteiger partial charge in [0, 0.05) is 19.3 Å². The van der Waals surface area contributed by atoms with E-state index in [4.69, 9.17) is 5.73 Å². The SMILES string of the molecule is Nc1cccnc1N1CCC[C@@H](O)C1. The van der Waals surface area contributed by atoms with Gasteiger partial charge < -0.3 is 15.7 Å². The van der Waals surface area contributed by atoms with Gasteiger partial charge in [0.05, 0.1) is 11.8 Å². The van der Waals surface area contributed by atoms with E-state index in [-0.39, 0.29) is 6.10 Å². The van der Waals surface area contributed by atoms with Crippen LogP contribution in [0, 0.1) is 0 Å². The fourth-order valence-corrected chi connectivity index (χ4v) is 1.82. The lowest BCUT2D eigenvalue weighted by atomic mass is 10.1. The molecular weight excluding hydrogens is 178 g/mol. The van der Waals surface area contributed by atoms with Crippen molar-refractivity contribution in [2.24, 2.45) is 0 Å². The summed E-state index contributed by atoms with van der Waals surface area (Å²) in [5.41, 5.74) is 6.49. The van der Waals surface area contributed by atoms with Gasteiger partial charge in [-0.05, 0) is 25.0 Å². The molecule has 0 aromatic carbocycles. The maximum Gasteiger partial charge on any atom is 0.151 e. The van der Waals surface area contributed by atoms with Crippen LogP contribution in [-0.2, 0) is 0 Å². The van der Waals surface area contributed by atoms with Crippen LogP contribution < -0.4 is 10.6 Å². The molecule has 0 bridgehead atoms. The van der Waals surface area contributed by atoms with Gasteiger partial charge in [-0.25, -0.2) is 4.98 Å². The molecule has 0 saturated carbocycles. The summed E-state index contributed by atoms with van der Waals surface area (Å²) in [6.07, 6.45) is 3.36. The Labute approximate surface area is 83.4 Å². The Morgan fingerprint density at radius 2 is 2.43 bits per heavy atom. The fourth-order valence-electron chi connectivity index (χ4n) is 1.82. The van der Waals surface area contributed by atoms with E-state index in [0.717, 1.165) is 25.2 Å². The number of aliphatic hydroxyl groups excluding tert-OH is 1. The summed E-state index contributed by atoms with van der Waals surface area (Å²) in [4.78, 5) is 6.27. The van der Waals surface area contributed by atoms with Crippen molar-refractivity contribution in [2.45, 2.75) is 18.9 Å². The number of aliphatic hydroxyl groups is 1. The van der Waals surface area contributed by atoms with Crippen molar-refractivity contribution in [1.82, 2.24) is 4.98 Å². The van der Waals surface area contributed by atoms with Crippen molar-refractivity contribution in [3.05, 3.63) is 18.3 Å². The summed E-state index contributed by atoms with van der Waals surface area (Å²) in [5, 5.41) is 9.52. The Kier molecular flexibility index (Phi) is 2.54. The molecule has 2 heterocycles. The first-order valence-electron chi connectivity index (χ1n) is 4.91. The zero-order chi connectivity index (χ0) is 9.97. The second-order valence-corrected chi connectivity index (χ2v) is 3.66. The average Bonchev–Trinajstić information content (AvgIpc) is 2.18. The Bertz CT molecular complexity index is 316. The molecule has 1 aromatic heterocycles. The van der Waals surface area contributed by atoms with Gasteiger partial charge in [0.2, 0.25) is 0 Å². The normalized spacial score (nSPS) is 22.4. The Hall–Kier alpha value is -1.29. The molecule has 0 amide bonds. The fraction of sp³-hybridized carbons (Fsp3) is 0.500. The summed E-state index contributed by atoms with van der Waals surface area (Å²) in [6, 6.07) is 3.66. The highest BCUT2D eigenvalue weighted by atomic mass is 16.3. The zero-order valence-corrected chi connectivity index (χ0v) is 8.06. The molecule has 3 N–H and O–H groups in total. The lowest BCUT2D eigenvalue weighted by Crippen LogP contribution is -2.39. The maximum atomic E-state index is 9.52. The first kappa shape index (κ1) is 9.27. The third-order valence-electron chi connectivity index (χ3n) is 2.51. The molecule has 4 heteroatoms. The Balaban J connectivity index is 2.18. The van der Waals surface area contributed by atoms with Crippen LogP contribution in [0.2, 0.25) is 0 Å². The van der Waals surface area contributed by atoms with E-state index in [1.165, 1.54) is 0 Å². The average molecular weight is 193 g/mol. The second-order valence-electron chi connectivity index (χ2n) is 3.66. The van der Waals surface area contributed by atoms with Crippen molar-refractivity contribution in [3.63, 3.8) is 0 Å². The van der Waals surface area contributed by atoms with Crippen LogP contribution in [0.4, 0.5) is 11.5 Å². The number of nitrogens with two attached hydrogens (primary N) is 1. The molecule has 0 unspecified atom stereocenters. The van der Waals surface area contributed by atoms with Crippen molar-refractivity contribution < 1.29 is 5.11 Å². The first-order chi connectivity index (χ1) is 6.77. The van der Waals surface area contributed by atoms with E-state index in [1.807, 2.05) is 17.0 Å². The van der Waals surface area contributed by atoms with Gasteiger partial charge >= 0.3 is 0 Å². The van der Waals surface area contributed by atoms with E-state index in [0.29, 0.717) is 12.2 Å². The van der Waals surface area contributed by atoms with Gasteiger partial charge in [-0.3, -0.25) is 0 Å². The molecular formula is C10H15N3O. The van der Waals surface area contributed by atoms with Gasteiger partial charge in [0.1, 0.15) is 0 Å². The maximum absolute atomic E-state index is 9.52. The van der Waals surface area contributed by atoms with E-state index >= 15 is 0 Å². The standard InChI is InChI=1S/C10H15N3O/c11-9-4-1-5-12-10(9)13-6-2-3-8(14)7-13/h1,4-5,8,14H,2-3,6-7,11H2/t8-/m1/s1. The number of aromatic nitrogens is 1. The number of nitrogens with zero attached hydrogens (tertiary/aromatic N) is 2. The zero-order valence-electron chi connectivity index (χ0n) is 8.06. The molecule has 1 aliphatic rings. The summed E-state index contributed by atoms with van der Waals surface area (Å²) in [5.74, 6) is 0.797. The Morgan fingerprint density at radius 3 is 3.14 bits per heavy atom. The highest BCUT2D eigenvalue weighted by Gasteiger charge is 2.19. The van der Waals surface area contributed by atoms with Gasteiger partial charge in [0.15, 0.2) is 5.82 Å². The minimum absolute atomic E-state index is 0.245. The minimum atomic E-state index is -0.245. The molecule has 0 radical (unpaired) electrons.